The van der Waals surface area contributed by atoms with E-state index in [0.29, 0.717) is 17.9 Å². The third-order valence-electron chi connectivity index (χ3n) is 5.01. The number of nitrogens with one attached hydrogen (secondary N) is 2. The summed E-state index contributed by atoms with van der Waals surface area (Å²) in [5.41, 5.74) is 5.15. The second-order valence-electron chi connectivity index (χ2n) is 6.61. The lowest BCUT2D eigenvalue weighted by molar-refractivity contribution is 0.395. The quantitative estimate of drug-likeness (QED) is 0.737. The van der Waals surface area contributed by atoms with E-state index in [4.69, 9.17) is 9.47 Å². The molecule has 1 heterocycles. The first-order valence-electron chi connectivity index (χ1n) is 8.81. The van der Waals surface area contributed by atoms with Crippen molar-refractivity contribution in [3.05, 3.63) is 63.4 Å². The van der Waals surface area contributed by atoms with Crippen LogP contribution < -0.4 is 20.3 Å². The molecule has 5 nitrogen and oxygen atoms in total. The number of methoxy groups -OCH3 is 2. The van der Waals surface area contributed by atoms with E-state index >= 15 is 0 Å². The molecule has 0 aliphatic heterocycles. The molecule has 1 aliphatic carbocycles. The molecule has 3 aromatic rings. The van der Waals surface area contributed by atoms with Crippen LogP contribution in [0.2, 0.25) is 0 Å². The van der Waals surface area contributed by atoms with Crippen LogP contribution >= 0.6 is 0 Å². The van der Waals surface area contributed by atoms with Crippen LogP contribution in [0, 0.1) is 0 Å². The van der Waals surface area contributed by atoms with Crippen LogP contribution in [0.15, 0.2) is 41.2 Å². The molecule has 26 heavy (non-hydrogen) atoms. The molecule has 0 saturated carbocycles. The number of pyridine rings is 1. The minimum absolute atomic E-state index is 0.0598. The van der Waals surface area contributed by atoms with Crippen molar-refractivity contribution in [2.75, 3.05) is 19.5 Å². The number of fused-ring (bicyclic) bond motifs is 2. The van der Waals surface area contributed by atoms with E-state index in [1.807, 2.05) is 24.3 Å². The van der Waals surface area contributed by atoms with Crippen LogP contribution in [0.1, 0.15) is 23.1 Å². The van der Waals surface area contributed by atoms with Crippen LogP contribution in [-0.4, -0.2) is 19.2 Å². The maximum atomic E-state index is 12.5. The molecule has 0 atom stereocenters. The molecule has 0 bridgehead atoms. The van der Waals surface area contributed by atoms with E-state index in [1.54, 1.807) is 14.2 Å². The predicted molar refractivity (Wildman–Crippen MR) is 103 cm³/mol. The fraction of sp³-hybridized carbons (Fsp3) is 0.286. The number of ether oxygens (including phenoxy) is 2. The Morgan fingerprint density at radius 1 is 1.04 bits per heavy atom. The van der Waals surface area contributed by atoms with Crippen molar-refractivity contribution in [1.29, 1.82) is 0 Å². The zero-order chi connectivity index (χ0) is 18.1. The maximum absolute atomic E-state index is 12.5. The highest BCUT2D eigenvalue weighted by Gasteiger charge is 2.13. The Labute approximate surface area is 152 Å². The molecule has 0 fully saturated rings. The molecule has 0 unspecified atom stereocenters. The van der Waals surface area contributed by atoms with E-state index in [0.717, 1.165) is 35.2 Å². The molecule has 4 rings (SSSR count). The van der Waals surface area contributed by atoms with Crippen molar-refractivity contribution in [2.24, 2.45) is 0 Å². The van der Waals surface area contributed by atoms with E-state index in [-0.39, 0.29) is 5.56 Å². The van der Waals surface area contributed by atoms with Gasteiger partial charge in [0, 0.05) is 23.7 Å². The van der Waals surface area contributed by atoms with E-state index in [1.165, 1.54) is 17.5 Å². The average molecular weight is 350 g/mol. The second kappa shape index (κ2) is 6.75. The Bertz CT molecular complexity index is 1020. The van der Waals surface area contributed by atoms with Gasteiger partial charge in [-0.25, -0.2) is 0 Å². The summed E-state index contributed by atoms with van der Waals surface area (Å²) in [7, 11) is 3.23. The fourth-order valence-corrected chi connectivity index (χ4v) is 3.59. The van der Waals surface area contributed by atoms with Gasteiger partial charge in [-0.3, -0.25) is 4.79 Å². The summed E-state index contributed by atoms with van der Waals surface area (Å²) in [4.78, 5) is 15.5. The molecule has 2 aromatic carbocycles. The Hall–Kier alpha value is -2.95. The standard InChI is InChI=1S/C21H22N2O3/c1-25-17-6-7-18(20(11-17)26-2)22-12-16-9-15-8-13-4-3-5-14(13)10-19(15)23-21(16)24/h6-11,22H,3-5,12H2,1-2H3,(H,23,24). The number of aromatic amines is 1. The Morgan fingerprint density at radius 2 is 1.85 bits per heavy atom. The van der Waals surface area contributed by atoms with Gasteiger partial charge in [0.05, 0.1) is 19.9 Å². The molecular formula is C21H22N2O3. The monoisotopic (exact) mass is 350 g/mol. The summed E-state index contributed by atoms with van der Waals surface area (Å²) in [5.74, 6) is 1.41. The third kappa shape index (κ3) is 3.01. The van der Waals surface area contributed by atoms with Gasteiger partial charge in [0.15, 0.2) is 0 Å². The van der Waals surface area contributed by atoms with Crippen molar-refractivity contribution in [3.8, 4) is 11.5 Å². The Morgan fingerprint density at radius 3 is 2.62 bits per heavy atom. The number of anilines is 1. The Balaban J connectivity index is 1.62. The zero-order valence-electron chi connectivity index (χ0n) is 15.0. The number of aromatic nitrogens is 1. The molecule has 0 saturated heterocycles. The molecule has 134 valence electrons. The Kier molecular flexibility index (Phi) is 4.29. The van der Waals surface area contributed by atoms with Crippen LogP contribution in [0.3, 0.4) is 0 Å². The maximum Gasteiger partial charge on any atom is 0.253 e. The summed E-state index contributed by atoms with van der Waals surface area (Å²) in [6.45, 7) is 0.422. The molecule has 1 aliphatic rings. The second-order valence-corrected chi connectivity index (χ2v) is 6.61. The molecule has 5 heteroatoms. The predicted octanol–water partition coefficient (Wildman–Crippen LogP) is 3.65. The highest BCUT2D eigenvalue weighted by Crippen LogP contribution is 2.30. The average Bonchev–Trinajstić information content (AvgIpc) is 3.11. The lowest BCUT2D eigenvalue weighted by atomic mass is 10.0. The number of hydrogen-bond donors (Lipinski definition) is 2. The minimum atomic E-state index is -0.0598. The highest BCUT2D eigenvalue weighted by atomic mass is 16.5. The topological polar surface area (TPSA) is 63.3 Å². The SMILES string of the molecule is COc1ccc(NCc2cc3cc4c(cc3[nH]c2=O)CCC4)c(OC)c1. The van der Waals surface area contributed by atoms with Gasteiger partial charge < -0.3 is 19.8 Å². The lowest BCUT2D eigenvalue weighted by Gasteiger charge is -2.13. The molecule has 2 N–H and O–H groups in total. The van der Waals surface area contributed by atoms with Crippen molar-refractivity contribution < 1.29 is 9.47 Å². The summed E-state index contributed by atoms with van der Waals surface area (Å²) < 4.78 is 10.6. The number of benzene rings is 2. The van der Waals surface area contributed by atoms with Gasteiger partial charge in [-0.1, -0.05) is 0 Å². The smallest absolute Gasteiger partial charge is 0.253 e. The highest BCUT2D eigenvalue weighted by molar-refractivity contribution is 5.81. The van der Waals surface area contributed by atoms with Gasteiger partial charge in [0.2, 0.25) is 0 Å². The molecule has 1 aromatic heterocycles. The van der Waals surface area contributed by atoms with Gasteiger partial charge >= 0.3 is 0 Å². The number of aryl methyl sites for hydroxylation is 2. The third-order valence-corrected chi connectivity index (χ3v) is 5.01. The van der Waals surface area contributed by atoms with Crippen molar-refractivity contribution in [2.45, 2.75) is 25.8 Å². The summed E-state index contributed by atoms with van der Waals surface area (Å²) in [6.07, 6.45) is 3.43. The first-order valence-corrected chi connectivity index (χ1v) is 8.81. The summed E-state index contributed by atoms with van der Waals surface area (Å²) in [5, 5.41) is 4.38. The number of hydrogen-bond acceptors (Lipinski definition) is 4. The molecule has 0 radical (unpaired) electrons. The summed E-state index contributed by atoms with van der Waals surface area (Å²) in [6, 6.07) is 11.9. The van der Waals surface area contributed by atoms with Crippen LogP contribution in [0.25, 0.3) is 10.9 Å². The van der Waals surface area contributed by atoms with Crippen LogP contribution in [0.4, 0.5) is 5.69 Å². The van der Waals surface area contributed by atoms with E-state index in [9.17, 15) is 4.79 Å². The normalized spacial score (nSPS) is 12.8. The van der Waals surface area contributed by atoms with E-state index < -0.39 is 0 Å². The molecule has 0 amide bonds. The van der Waals surface area contributed by atoms with Gasteiger partial charge in [-0.2, -0.15) is 0 Å². The first kappa shape index (κ1) is 16.5. The van der Waals surface area contributed by atoms with Crippen LogP contribution in [0.5, 0.6) is 11.5 Å². The lowest BCUT2D eigenvalue weighted by Crippen LogP contribution is -2.16. The van der Waals surface area contributed by atoms with E-state index in [2.05, 4.69) is 22.4 Å². The number of rotatable bonds is 5. The molecular weight excluding hydrogens is 328 g/mol. The van der Waals surface area contributed by atoms with Crippen molar-refractivity contribution >= 4 is 16.6 Å². The summed E-state index contributed by atoms with van der Waals surface area (Å²) >= 11 is 0. The first-order chi connectivity index (χ1) is 12.7. The van der Waals surface area contributed by atoms with Crippen molar-refractivity contribution in [3.63, 3.8) is 0 Å². The van der Waals surface area contributed by atoms with Gasteiger partial charge in [-0.15, -0.1) is 0 Å². The molecule has 0 spiro atoms. The van der Waals surface area contributed by atoms with Crippen molar-refractivity contribution in [1.82, 2.24) is 4.98 Å². The fourth-order valence-electron chi connectivity index (χ4n) is 3.59. The van der Waals surface area contributed by atoms with Gasteiger partial charge in [0.25, 0.3) is 5.56 Å². The zero-order valence-corrected chi connectivity index (χ0v) is 15.0. The van der Waals surface area contributed by atoms with Gasteiger partial charge in [0.1, 0.15) is 11.5 Å². The van der Waals surface area contributed by atoms with Gasteiger partial charge in [-0.05, 0) is 66.1 Å². The van der Waals surface area contributed by atoms with Crippen LogP contribution in [-0.2, 0) is 19.4 Å². The minimum Gasteiger partial charge on any atom is -0.497 e. The largest absolute Gasteiger partial charge is 0.497 e. The number of H-pyrrole nitrogens is 1.